The van der Waals surface area contributed by atoms with Gasteiger partial charge in [-0.15, -0.1) is 0 Å². The molecule has 0 aliphatic heterocycles. The molecule has 4 N–H and O–H groups in total. The number of rotatable bonds is 7. The van der Waals surface area contributed by atoms with Crippen LogP contribution < -0.4 is 16.4 Å². The van der Waals surface area contributed by atoms with Crippen molar-refractivity contribution in [2.45, 2.75) is 45.2 Å². The van der Waals surface area contributed by atoms with Gasteiger partial charge in [-0.1, -0.05) is 62.2 Å². The fraction of sp³-hybridized carbons (Fsp3) is 0.391. The quantitative estimate of drug-likeness (QED) is 0.685. The number of carbonyl (C=O) groups excluding carboxylic acids is 2. The first-order valence-corrected chi connectivity index (χ1v) is 10.0. The van der Waals surface area contributed by atoms with E-state index >= 15 is 0 Å². The largest absolute Gasteiger partial charge is 0.352 e. The second-order valence-corrected chi connectivity index (χ2v) is 7.61. The second-order valence-electron chi connectivity index (χ2n) is 7.61. The third kappa shape index (κ3) is 5.20. The van der Waals surface area contributed by atoms with E-state index < -0.39 is 0 Å². The van der Waals surface area contributed by atoms with Crippen molar-refractivity contribution in [2.75, 3.05) is 5.32 Å². The lowest BCUT2D eigenvalue weighted by Gasteiger charge is -2.20. The van der Waals surface area contributed by atoms with E-state index in [1.807, 2.05) is 61.5 Å². The smallest absolute Gasteiger partial charge is 0.227 e. The van der Waals surface area contributed by atoms with Crippen molar-refractivity contribution in [3.63, 3.8) is 0 Å². The van der Waals surface area contributed by atoms with Crippen molar-refractivity contribution in [3.8, 4) is 0 Å². The summed E-state index contributed by atoms with van der Waals surface area (Å²) < 4.78 is 0. The van der Waals surface area contributed by atoms with Crippen LogP contribution >= 0.6 is 0 Å². The number of hydrogen-bond acceptors (Lipinski definition) is 3. The third-order valence-electron chi connectivity index (χ3n) is 5.52. The summed E-state index contributed by atoms with van der Waals surface area (Å²) in [5.41, 5.74) is 8.90. The van der Waals surface area contributed by atoms with Gasteiger partial charge in [-0.25, -0.2) is 0 Å². The number of benzene rings is 2. The van der Waals surface area contributed by atoms with Gasteiger partial charge in [0.05, 0.1) is 5.92 Å². The van der Waals surface area contributed by atoms with E-state index in [9.17, 15) is 9.59 Å². The fourth-order valence-corrected chi connectivity index (χ4v) is 3.67. The molecule has 1 aliphatic rings. The molecule has 0 aromatic heterocycles. The van der Waals surface area contributed by atoms with Crippen LogP contribution in [0.4, 0.5) is 5.69 Å². The highest BCUT2D eigenvalue weighted by molar-refractivity contribution is 5.92. The van der Waals surface area contributed by atoms with Gasteiger partial charge in [-0.3, -0.25) is 9.59 Å². The highest BCUT2D eigenvalue weighted by atomic mass is 16.2. The Morgan fingerprint density at radius 3 is 2.50 bits per heavy atom. The zero-order valence-corrected chi connectivity index (χ0v) is 16.4. The molecule has 2 amide bonds. The summed E-state index contributed by atoms with van der Waals surface area (Å²) in [6.07, 6.45) is 4.21. The lowest BCUT2D eigenvalue weighted by Crippen LogP contribution is -2.35. The number of nitrogens with one attached hydrogen (secondary N) is 2. The lowest BCUT2D eigenvalue weighted by molar-refractivity contribution is -0.125. The minimum Gasteiger partial charge on any atom is -0.352 e. The van der Waals surface area contributed by atoms with E-state index in [2.05, 4.69) is 10.6 Å². The molecule has 1 fully saturated rings. The molecule has 2 aromatic rings. The van der Waals surface area contributed by atoms with Crippen molar-refractivity contribution in [1.29, 1.82) is 0 Å². The van der Waals surface area contributed by atoms with Crippen LogP contribution in [-0.2, 0) is 16.1 Å². The Balaban J connectivity index is 1.53. The molecule has 0 spiro atoms. The van der Waals surface area contributed by atoms with Crippen LogP contribution in [0.5, 0.6) is 0 Å². The molecule has 0 bridgehead atoms. The van der Waals surface area contributed by atoms with E-state index in [4.69, 9.17) is 5.73 Å². The summed E-state index contributed by atoms with van der Waals surface area (Å²) >= 11 is 0. The van der Waals surface area contributed by atoms with Crippen LogP contribution in [0.2, 0.25) is 0 Å². The van der Waals surface area contributed by atoms with Gasteiger partial charge in [-0.05, 0) is 36.1 Å². The van der Waals surface area contributed by atoms with Crippen LogP contribution in [-0.4, -0.2) is 11.8 Å². The van der Waals surface area contributed by atoms with Gasteiger partial charge < -0.3 is 16.4 Å². The molecule has 1 saturated carbocycles. The number of hydrogen-bond donors (Lipinski definition) is 3. The van der Waals surface area contributed by atoms with E-state index in [-0.39, 0.29) is 29.7 Å². The SMILES string of the molecule is CC(C(=O)NCc1cccc(NC(=O)C2CCCC2)c1)C(N)c1ccccc1. The van der Waals surface area contributed by atoms with E-state index in [1.54, 1.807) is 0 Å². The summed E-state index contributed by atoms with van der Waals surface area (Å²) in [5.74, 6) is -0.200. The standard InChI is InChI=1S/C23H29N3O2/c1-16(21(24)18-9-3-2-4-10-18)22(27)25-15-17-8-7-13-20(14-17)26-23(28)19-11-5-6-12-19/h2-4,7-10,13-14,16,19,21H,5-6,11-12,15,24H2,1H3,(H,25,27)(H,26,28). The molecule has 28 heavy (non-hydrogen) atoms. The van der Waals surface area contributed by atoms with Crippen molar-refractivity contribution < 1.29 is 9.59 Å². The van der Waals surface area contributed by atoms with Crippen molar-refractivity contribution in [2.24, 2.45) is 17.6 Å². The van der Waals surface area contributed by atoms with Crippen LogP contribution in [0, 0.1) is 11.8 Å². The summed E-state index contributed by atoms with van der Waals surface area (Å²) in [7, 11) is 0. The van der Waals surface area contributed by atoms with E-state index in [0.717, 1.165) is 42.5 Å². The van der Waals surface area contributed by atoms with Crippen LogP contribution in [0.15, 0.2) is 54.6 Å². The fourth-order valence-electron chi connectivity index (χ4n) is 3.67. The molecular formula is C23H29N3O2. The highest BCUT2D eigenvalue weighted by Crippen LogP contribution is 2.26. The molecule has 148 valence electrons. The second kappa shape index (κ2) is 9.51. The molecule has 0 heterocycles. The minimum absolute atomic E-state index is 0.0863. The van der Waals surface area contributed by atoms with Gasteiger partial charge in [0.2, 0.25) is 11.8 Å². The van der Waals surface area contributed by atoms with Gasteiger partial charge in [-0.2, -0.15) is 0 Å². The normalized spacial score (nSPS) is 16.4. The van der Waals surface area contributed by atoms with Crippen molar-refractivity contribution >= 4 is 17.5 Å². The Kier molecular flexibility index (Phi) is 6.82. The molecule has 0 saturated heterocycles. The summed E-state index contributed by atoms with van der Waals surface area (Å²) in [4.78, 5) is 24.8. The predicted molar refractivity (Wildman–Crippen MR) is 111 cm³/mol. The lowest BCUT2D eigenvalue weighted by atomic mass is 9.94. The molecule has 0 radical (unpaired) electrons. The molecule has 1 aliphatic carbocycles. The molecule has 3 rings (SSSR count). The average molecular weight is 380 g/mol. The van der Waals surface area contributed by atoms with Gasteiger partial charge in [0.15, 0.2) is 0 Å². The zero-order valence-electron chi connectivity index (χ0n) is 16.4. The Labute approximate surface area is 166 Å². The predicted octanol–water partition coefficient (Wildman–Crippen LogP) is 3.77. The van der Waals surface area contributed by atoms with Gasteiger partial charge in [0.1, 0.15) is 0 Å². The number of amides is 2. The van der Waals surface area contributed by atoms with Gasteiger partial charge in [0.25, 0.3) is 0 Å². The summed E-state index contributed by atoms with van der Waals surface area (Å²) in [6, 6.07) is 16.9. The van der Waals surface area contributed by atoms with Gasteiger partial charge in [0, 0.05) is 24.2 Å². The third-order valence-corrected chi connectivity index (χ3v) is 5.52. The van der Waals surface area contributed by atoms with Crippen LogP contribution in [0.1, 0.15) is 49.8 Å². The number of anilines is 1. The van der Waals surface area contributed by atoms with E-state index in [1.165, 1.54) is 0 Å². The molecule has 2 aromatic carbocycles. The molecular weight excluding hydrogens is 350 g/mol. The first-order chi connectivity index (χ1) is 13.5. The molecule has 2 unspecified atom stereocenters. The minimum atomic E-state index is -0.349. The molecule has 2 atom stereocenters. The Hall–Kier alpha value is -2.66. The number of carbonyl (C=O) groups is 2. The number of nitrogens with two attached hydrogens (primary N) is 1. The zero-order chi connectivity index (χ0) is 19.9. The Bertz CT molecular complexity index is 801. The monoisotopic (exact) mass is 379 g/mol. The maximum atomic E-state index is 12.5. The first-order valence-electron chi connectivity index (χ1n) is 10.0. The van der Waals surface area contributed by atoms with Gasteiger partial charge >= 0.3 is 0 Å². The summed E-state index contributed by atoms with van der Waals surface area (Å²) in [5, 5.41) is 5.96. The highest BCUT2D eigenvalue weighted by Gasteiger charge is 2.23. The first kappa shape index (κ1) is 20.1. The molecule has 5 heteroatoms. The molecule has 5 nitrogen and oxygen atoms in total. The van der Waals surface area contributed by atoms with E-state index in [0.29, 0.717) is 6.54 Å². The maximum absolute atomic E-state index is 12.5. The van der Waals surface area contributed by atoms with Crippen LogP contribution in [0.25, 0.3) is 0 Å². The van der Waals surface area contributed by atoms with Crippen molar-refractivity contribution in [3.05, 3.63) is 65.7 Å². The Morgan fingerprint density at radius 2 is 1.79 bits per heavy atom. The Morgan fingerprint density at radius 1 is 1.07 bits per heavy atom. The van der Waals surface area contributed by atoms with Crippen molar-refractivity contribution in [1.82, 2.24) is 5.32 Å². The summed E-state index contributed by atoms with van der Waals surface area (Å²) in [6.45, 7) is 2.24. The topological polar surface area (TPSA) is 84.2 Å². The average Bonchev–Trinajstić information content (AvgIpc) is 3.27. The van der Waals surface area contributed by atoms with Crippen LogP contribution in [0.3, 0.4) is 0 Å². The maximum Gasteiger partial charge on any atom is 0.227 e.